The molecule has 1 rings (SSSR count). The Balaban J connectivity index is 2.74. The smallest absolute Gasteiger partial charge is 0.127 e. The second-order valence-corrected chi connectivity index (χ2v) is 4.53. The lowest BCUT2D eigenvalue weighted by molar-refractivity contribution is 0.257. The van der Waals surface area contributed by atoms with Crippen LogP contribution in [0.15, 0.2) is 18.2 Å². The van der Waals surface area contributed by atoms with E-state index in [2.05, 4.69) is 6.07 Å². The normalized spacial score (nSPS) is 12.5. The Morgan fingerprint density at radius 1 is 1.53 bits per heavy atom. The average molecular weight is 255 g/mol. The molecule has 0 heterocycles. The highest BCUT2D eigenvalue weighted by molar-refractivity contribution is 6.30. The van der Waals surface area contributed by atoms with Gasteiger partial charge in [-0.2, -0.15) is 5.26 Å². The number of benzene rings is 1. The van der Waals surface area contributed by atoms with Crippen molar-refractivity contribution in [3.63, 3.8) is 0 Å². The summed E-state index contributed by atoms with van der Waals surface area (Å²) in [5.41, 5.74) is 0.574. The lowest BCUT2D eigenvalue weighted by Gasteiger charge is -2.21. The van der Waals surface area contributed by atoms with Crippen molar-refractivity contribution in [2.45, 2.75) is 20.4 Å². The molecule has 92 valence electrons. The minimum absolute atomic E-state index is 0.0582. The maximum atomic E-state index is 13.5. The number of nitrogens with zero attached hydrogens (tertiary/aromatic N) is 2. The summed E-state index contributed by atoms with van der Waals surface area (Å²) in [6.45, 7) is 5.75. The van der Waals surface area contributed by atoms with Crippen LogP contribution in [0.5, 0.6) is 0 Å². The monoisotopic (exact) mass is 254 g/mol. The van der Waals surface area contributed by atoms with Gasteiger partial charge in [0.1, 0.15) is 5.82 Å². The molecule has 1 aromatic carbocycles. The summed E-state index contributed by atoms with van der Waals surface area (Å²) in [6.07, 6.45) is 0. The molecule has 2 nitrogen and oxygen atoms in total. The minimum Gasteiger partial charge on any atom is -0.298 e. The molecule has 0 bridgehead atoms. The lowest BCUT2D eigenvalue weighted by Crippen LogP contribution is -2.28. The SMILES string of the molecule is CCN(Cc1cc(Cl)ccc1F)CC(C)C#N. The van der Waals surface area contributed by atoms with Gasteiger partial charge in [0, 0.05) is 23.7 Å². The predicted molar refractivity (Wildman–Crippen MR) is 67.1 cm³/mol. The summed E-state index contributed by atoms with van der Waals surface area (Å²) >= 11 is 5.84. The van der Waals surface area contributed by atoms with E-state index >= 15 is 0 Å². The molecule has 0 aliphatic rings. The van der Waals surface area contributed by atoms with Crippen LogP contribution in [0.1, 0.15) is 19.4 Å². The lowest BCUT2D eigenvalue weighted by atomic mass is 10.1. The van der Waals surface area contributed by atoms with Gasteiger partial charge in [-0.25, -0.2) is 4.39 Å². The summed E-state index contributed by atoms with van der Waals surface area (Å²) < 4.78 is 13.5. The number of hydrogen-bond acceptors (Lipinski definition) is 2. The van der Waals surface area contributed by atoms with Gasteiger partial charge in [0.2, 0.25) is 0 Å². The molecule has 0 saturated carbocycles. The first-order valence-electron chi connectivity index (χ1n) is 5.62. The van der Waals surface area contributed by atoms with Gasteiger partial charge in [0.15, 0.2) is 0 Å². The van der Waals surface area contributed by atoms with Crippen LogP contribution in [0.2, 0.25) is 5.02 Å². The third-order valence-electron chi connectivity index (χ3n) is 2.60. The maximum absolute atomic E-state index is 13.5. The van der Waals surface area contributed by atoms with E-state index < -0.39 is 0 Å². The zero-order chi connectivity index (χ0) is 12.8. The highest BCUT2D eigenvalue weighted by Gasteiger charge is 2.11. The Kier molecular flexibility index (Phi) is 5.40. The van der Waals surface area contributed by atoms with E-state index in [1.54, 1.807) is 6.07 Å². The van der Waals surface area contributed by atoms with E-state index in [9.17, 15) is 4.39 Å². The second kappa shape index (κ2) is 6.58. The van der Waals surface area contributed by atoms with Gasteiger partial charge in [-0.15, -0.1) is 0 Å². The van der Waals surface area contributed by atoms with Crippen LogP contribution < -0.4 is 0 Å². The van der Waals surface area contributed by atoms with Crippen molar-refractivity contribution in [3.8, 4) is 6.07 Å². The van der Waals surface area contributed by atoms with Gasteiger partial charge in [-0.05, 0) is 31.7 Å². The first-order valence-corrected chi connectivity index (χ1v) is 6.00. The van der Waals surface area contributed by atoms with Crippen LogP contribution in [-0.4, -0.2) is 18.0 Å². The van der Waals surface area contributed by atoms with Gasteiger partial charge >= 0.3 is 0 Å². The zero-order valence-corrected chi connectivity index (χ0v) is 10.8. The van der Waals surface area contributed by atoms with Gasteiger partial charge in [-0.3, -0.25) is 4.90 Å². The molecular formula is C13H16ClFN2. The van der Waals surface area contributed by atoms with Gasteiger partial charge < -0.3 is 0 Å². The molecule has 1 atom stereocenters. The van der Waals surface area contributed by atoms with Gasteiger partial charge in [0.25, 0.3) is 0 Å². The van der Waals surface area contributed by atoms with Crippen molar-refractivity contribution in [2.24, 2.45) is 5.92 Å². The van der Waals surface area contributed by atoms with Crippen molar-refractivity contribution in [1.29, 1.82) is 5.26 Å². The molecule has 0 radical (unpaired) electrons. The number of rotatable bonds is 5. The molecule has 0 saturated heterocycles. The summed E-state index contributed by atoms with van der Waals surface area (Å²) in [4.78, 5) is 2.03. The largest absolute Gasteiger partial charge is 0.298 e. The maximum Gasteiger partial charge on any atom is 0.127 e. The summed E-state index contributed by atoms with van der Waals surface area (Å²) in [7, 11) is 0. The van der Waals surface area contributed by atoms with Crippen molar-refractivity contribution in [1.82, 2.24) is 4.90 Å². The van der Waals surface area contributed by atoms with Gasteiger partial charge in [0.05, 0.1) is 12.0 Å². The average Bonchev–Trinajstić information content (AvgIpc) is 2.32. The first-order chi connectivity index (χ1) is 8.06. The molecule has 0 spiro atoms. The predicted octanol–water partition coefficient (Wildman–Crippen LogP) is 3.46. The Hall–Kier alpha value is -1.11. The summed E-state index contributed by atoms with van der Waals surface area (Å²) in [6, 6.07) is 6.73. The Morgan fingerprint density at radius 2 is 2.24 bits per heavy atom. The van der Waals surface area contributed by atoms with Gasteiger partial charge in [-0.1, -0.05) is 18.5 Å². The van der Waals surface area contributed by atoms with Crippen LogP contribution in [0.4, 0.5) is 4.39 Å². The molecule has 0 aliphatic heterocycles. The summed E-state index contributed by atoms with van der Waals surface area (Å²) in [5.74, 6) is -0.311. The molecule has 1 unspecified atom stereocenters. The highest BCUT2D eigenvalue weighted by Crippen LogP contribution is 2.17. The molecule has 0 aliphatic carbocycles. The third-order valence-corrected chi connectivity index (χ3v) is 2.84. The zero-order valence-electron chi connectivity index (χ0n) is 10.1. The second-order valence-electron chi connectivity index (χ2n) is 4.09. The van der Waals surface area contributed by atoms with E-state index in [-0.39, 0.29) is 11.7 Å². The molecule has 1 aromatic rings. The Morgan fingerprint density at radius 3 is 2.82 bits per heavy atom. The van der Waals surface area contributed by atoms with E-state index in [1.165, 1.54) is 12.1 Å². The first kappa shape index (κ1) is 14.0. The topological polar surface area (TPSA) is 27.0 Å². The van der Waals surface area contributed by atoms with Crippen LogP contribution in [0, 0.1) is 23.1 Å². The van der Waals surface area contributed by atoms with Crippen molar-refractivity contribution in [2.75, 3.05) is 13.1 Å². The van der Waals surface area contributed by atoms with Crippen molar-refractivity contribution >= 4 is 11.6 Å². The summed E-state index contributed by atoms with van der Waals surface area (Å²) in [5, 5.41) is 9.31. The fraction of sp³-hybridized carbons (Fsp3) is 0.462. The number of halogens is 2. The van der Waals surface area contributed by atoms with Crippen LogP contribution in [0.25, 0.3) is 0 Å². The van der Waals surface area contributed by atoms with Crippen LogP contribution >= 0.6 is 11.6 Å². The fourth-order valence-corrected chi connectivity index (χ4v) is 1.83. The highest BCUT2D eigenvalue weighted by atomic mass is 35.5. The number of hydrogen-bond donors (Lipinski definition) is 0. The standard InChI is InChI=1S/C13H16ClFN2/c1-3-17(8-10(2)7-16)9-11-6-12(14)4-5-13(11)15/h4-6,10H,3,8-9H2,1-2H3. The van der Waals surface area contributed by atoms with Crippen molar-refractivity contribution in [3.05, 3.63) is 34.6 Å². The third kappa shape index (κ3) is 4.33. The fourth-order valence-electron chi connectivity index (χ4n) is 1.64. The minimum atomic E-state index is -0.252. The molecular weight excluding hydrogens is 239 g/mol. The molecule has 0 aromatic heterocycles. The van der Waals surface area contributed by atoms with Crippen LogP contribution in [0.3, 0.4) is 0 Å². The molecule has 4 heteroatoms. The van der Waals surface area contributed by atoms with E-state index in [0.29, 0.717) is 23.7 Å². The molecule has 17 heavy (non-hydrogen) atoms. The molecule has 0 fully saturated rings. The quantitative estimate of drug-likeness (QED) is 0.805. The van der Waals surface area contributed by atoms with Crippen LogP contribution in [-0.2, 0) is 6.54 Å². The van der Waals surface area contributed by atoms with Crippen molar-refractivity contribution < 1.29 is 4.39 Å². The molecule has 0 N–H and O–H groups in total. The number of nitriles is 1. The Labute approximate surface area is 107 Å². The van der Waals surface area contributed by atoms with E-state index in [4.69, 9.17) is 16.9 Å². The molecule has 0 amide bonds. The van der Waals surface area contributed by atoms with E-state index in [0.717, 1.165) is 6.54 Å². The Bertz CT molecular complexity index is 414. The van der Waals surface area contributed by atoms with E-state index in [1.807, 2.05) is 18.7 Å².